The minimum Gasteiger partial charge on any atom is -0.333 e. The van der Waals surface area contributed by atoms with E-state index in [9.17, 15) is 28.6 Å². The molecule has 0 saturated carbocycles. The minimum absolute atomic E-state index is 0.0772. The first kappa shape index (κ1) is 20.6. The molecule has 292 valence electrons. The Morgan fingerprint density at radius 1 is 0.842 bits per heavy atom. The third kappa shape index (κ3) is 10.2. The molecular formula is C37H34N10O7S3. The van der Waals surface area contributed by atoms with Crippen LogP contribution in [0.25, 0.3) is 33.4 Å². The van der Waals surface area contributed by atoms with Gasteiger partial charge in [-0.15, -0.1) is 0 Å². The molecule has 57 heavy (non-hydrogen) atoms. The van der Waals surface area contributed by atoms with Crippen molar-refractivity contribution in [2.45, 2.75) is 31.1 Å². The van der Waals surface area contributed by atoms with E-state index in [1.54, 1.807) is 18.2 Å². The maximum Gasteiger partial charge on any atom is 0.275 e. The molecule has 0 bridgehead atoms. The second-order valence-corrected chi connectivity index (χ2v) is 13.4. The van der Waals surface area contributed by atoms with Crippen molar-refractivity contribution in [3.05, 3.63) is 157 Å². The lowest BCUT2D eigenvalue weighted by Crippen LogP contribution is -2.06. The number of pyridine rings is 2. The summed E-state index contributed by atoms with van der Waals surface area (Å²) in [7, 11) is -4.42. The average Bonchev–Trinajstić information content (AvgIpc) is 4.00. The zero-order chi connectivity index (χ0) is 59.7. The van der Waals surface area contributed by atoms with Crippen LogP contribution in [0.5, 0.6) is 0 Å². The second kappa shape index (κ2) is 17.5. The van der Waals surface area contributed by atoms with Gasteiger partial charge in [0.15, 0.2) is 9.93 Å². The number of thioether (sulfide) groups is 1. The number of imidazole rings is 2. The highest BCUT2D eigenvalue weighted by Gasteiger charge is 2.17. The topological polar surface area (TPSA) is 226 Å². The van der Waals surface area contributed by atoms with E-state index >= 15 is 0 Å². The van der Waals surface area contributed by atoms with Gasteiger partial charge in [-0.05, 0) is 86.5 Å². The molecule has 0 saturated heterocycles. The number of fused-ring (bicyclic) bond motifs is 2. The molecule has 3 N–H and O–H groups in total. The van der Waals surface area contributed by atoms with E-state index in [1.807, 2.05) is 0 Å². The predicted octanol–water partition coefficient (Wildman–Crippen LogP) is 8.05. The second-order valence-electron chi connectivity index (χ2n) is 10.6. The molecule has 20 heteroatoms. The van der Waals surface area contributed by atoms with E-state index in [1.165, 1.54) is 22.8 Å². The van der Waals surface area contributed by atoms with Gasteiger partial charge in [-0.3, -0.25) is 34.4 Å². The van der Waals surface area contributed by atoms with Crippen LogP contribution in [0.4, 0.5) is 11.4 Å². The summed E-state index contributed by atoms with van der Waals surface area (Å²) in [5.41, 5.74) is -6.81. The summed E-state index contributed by atoms with van der Waals surface area (Å²) < 4.78 is 199. The van der Waals surface area contributed by atoms with Crippen molar-refractivity contribution < 1.29 is 52.6 Å². The molecule has 0 aliphatic heterocycles. The monoisotopic (exact) mass is 848 g/mol. The summed E-state index contributed by atoms with van der Waals surface area (Å²) in [5.74, 6) is 0. The third-order valence-electron chi connectivity index (χ3n) is 6.79. The van der Waals surface area contributed by atoms with Crippen LogP contribution in [0.1, 0.15) is 52.7 Å². The summed E-state index contributed by atoms with van der Waals surface area (Å²) in [6, 6.07) is 6.16. The molecule has 0 spiro atoms. The Morgan fingerprint density at radius 3 is 1.96 bits per heavy atom. The molecule has 0 atom stereocenters. The summed E-state index contributed by atoms with van der Waals surface area (Å²) in [6.07, 6.45) is -2.63. The molecule has 0 amide bonds. The van der Waals surface area contributed by atoms with Crippen molar-refractivity contribution in [3.63, 3.8) is 0 Å². The standard InChI is InChI=1S/C18H15N5O2S.C11H9N3S.C8H10N2O5S/c1-12-16(19-7-6-17(12)23(24)25)11-26-18-20-14-5-4-13(10-15(14)21-18)22-8-2-3-9-22;15-11-12-9-4-3-8(7-10(9)13-11)14-5-1-2-6-14;1-6-7(5-15-16(2,13)14)9-4-3-8(6)10(11)12/h2-10H,11H2,1H3,(H,20,21);1-7H,(H2,12,13,15);3-4H,5H2,1-2H3/i1D3,2D,3D,6D,7D,8D,9D,11D2;1D,2D,5D,6D;1D3,3D,4D,5D2. The summed E-state index contributed by atoms with van der Waals surface area (Å²) >= 11 is 5.35. The van der Waals surface area contributed by atoms with Crippen LogP contribution in [0.15, 0.2) is 115 Å². The average molecular weight is 849 g/mol. The number of H-pyrrole nitrogens is 3. The molecule has 0 aliphatic carbocycles. The van der Waals surface area contributed by atoms with Crippen molar-refractivity contribution in [1.82, 2.24) is 39.0 Å². The number of benzene rings is 2. The van der Waals surface area contributed by atoms with Crippen LogP contribution >= 0.6 is 24.0 Å². The Labute approximate surface area is 365 Å². The van der Waals surface area contributed by atoms with Crippen LogP contribution in [-0.2, 0) is 26.6 Å². The molecule has 6 heterocycles. The van der Waals surface area contributed by atoms with E-state index in [4.69, 9.17) is 42.4 Å². The van der Waals surface area contributed by atoms with Crippen molar-refractivity contribution in [1.29, 1.82) is 0 Å². The highest BCUT2D eigenvalue weighted by molar-refractivity contribution is 7.98. The molecule has 0 unspecified atom stereocenters. The van der Waals surface area contributed by atoms with Crippen LogP contribution in [0, 0.1) is 38.7 Å². The first-order valence-corrected chi connectivity index (χ1v) is 18.1. The van der Waals surface area contributed by atoms with Gasteiger partial charge in [0.1, 0.15) is 6.56 Å². The fourth-order valence-electron chi connectivity index (χ4n) is 4.34. The zero-order valence-electron chi connectivity index (χ0n) is 50.2. The van der Waals surface area contributed by atoms with Crippen LogP contribution in [-0.4, -0.2) is 63.6 Å². The molecule has 6 aromatic heterocycles. The fourth-order valence-corrected chi connectivity index (χ4v) is 5.44. The van der Waals surface area contributed by atoms with Gasteiger partial charge in [-0.1, -0.05) is 11.8 Å². The van der Waals surface area contributed by atoms with E-state index in [-0.39, 0.29) is 47.6 Å². The van der Waals surface area contributed by atoms with E-state index in [0.29, 0.717) is 39.5 Å². The largest absolute Gasteiger partial charge is 0.333 e. The lowest BCUT2D eigenvalue weighted by molar-refractivity contribution is -0.385. The van der Waals surface area contributed by atoms with Crippen molar-refractivity contribution in [2.75, 3.05) is 6.26 Å². The van der Waals surface area contributed by atoms with Gasteiger partial charge >= 0.3 is 0 Å². The van der Waals surface area contributed by atoms with Crippen LogP contribution in [0.2, 0.25) is 0 Å². The molecular weight excluding hydrogens is 793 g/mol. The van der Waals surface area contributed by atoms with E-state index in [2.05, 4.69) is 34.1 Å². The Kier molecular flexibility index (Phi) is 6.34. The van der Waals surface area contributed by atoms with Crippen LogP contribution < -0.4 is 0 Å². The molecule has 17 nitrogen and oxygen atoms in total. The maximum atomic E-state index is 11.5. The van der Waals surface area contributed by atoms with Crippen molar-refractivity contribution >= 4 is 67.5 Å². The predicted molar refractivity (Wildman–Crippen MR) is 219 cm³/mol. The molecule has 0 aliphatic rings. The Balaban J connectivity index is 0.000000206. The number of aromatic amines is 3. The third-order valence-corrected chi connectivity index (χ3v) is 8.06. The van der Waals surface area contributed by atoms with Gasteiger partial charge in [0.2, 0.25) is 0 Å². The molecule has 0 radical (unpaired) electrons. The highest BCUT2D eigenvalue weighted by atomic mass is 32.2. The summed E-state index contributed by atoms with van der Waals surface area (Å²) in [4.78, 5) is 39.9. The molecule has 0 fully saturated rings. The zero-order valence-corrected chi connectivity index (χ0v) is 30.6. The lowest BCUT2D eigenvalue weighted by Gasteiger charge is -2.04. The van der Waals surface area contributed by atoms with Gasteiger partial charge in [0, 0.05) is 82.7 Å². The first-order valence-electron chi connectivity index (χ1n) is 26.1. The van der Waals surface area contributed by atoms with Gasteiger partial charge in [-0.25, -0.2) is 4.98 Å². The first-order chi connectivity index (χ1) is 36.1. The Hall–Kier alpha value is -6.48. The lowest BCUT2D eigenvalue weighted by atomic mass is 10.2. The van der Waals surface area contributed by atoms with Crippen molar-refractivity contribution in [2.24, 2.45) is 0 Å². The Bertz CT molecular complexity index is 3920. The number of aromatic nitrogens is 8. The fraction of sp³-hybridized carbons (Fsp3) is 0.135. The van der Waals surface area contributed by atoms with Gasteiger partial charge in [0.25, 0.3) is 21.5 Å². The summed E-state index contributed by atoms with van der Waals surface area (Å²) in [5, 5.41) is 22.5. The molecule has 8 rings (SSSR count). The Morgan fingerprint density at radius 2 is 1.39 bits per heavy atom. The minimum atomic E-state index is -4.42. The smallest absolute Gasteiger partial charge is 0.275 e. The normalized spacial score (nSPS) is 17.6. The highest BCUT2D eigenvalue weighted by Crippen LogP contribution is 2.28. The SMILES string of the molecule is [2H]c1c([2H])c([2H])n(-c2ccc3[nH]c(=S)[nH]c3c2)c1[2H].[2H]c1nc(C([2H])([2H])OS(C)(=O)=O)c(C([2H])([2H])[2H])c([N+](=O)[O-])c1[2H].[2H]c1nc(C([2H])([2H])Sc2nc3ccc(-n4c([2H])c([2H])c([2H])c4[2H])cc3[nH]2)c(C([2H])([2H])[2H])c([N+](=O)[O-])c1[2H]. The van der Waals surface area contributed by atoms with Crippen LogP contribution in [0.3, 0.4) is 0 Å². The number of rotatable bonds is 10. The number of nitrogens with zero attached hydrogens (tertiary/aromatic N) is 7. The number of hydrogen-bond donors (Lipinski definition) is 3. The number of hydrogen-bond acceptors (Lipinski definition) is 12. The number of nitrogens with one attached hydrogen (secondary N) is 3. The molecule has 8 aromatic rings. The van der Waals surface area contributed by atoms with E-state index in [0.717, 1.165) is 15.6 Å². The molecule has 2 aromatic carbocycles. The quantitative estimate of drug-likeness (QED) is 0.0391. The summed E-state index contributed by atoms with van der Waals surface area (Å²) in [6.45, 7) is -9.90. The van der Waals surface area contributed by atoms with Crippen molar-refractivity contribution in [3.8, 4) is 11.4 Å². The van der Waals surface area contributed by atoms with Gasteiger partial charge in [-0.2, -0.15) is 8.42 Å². The van der Waals surface area contributed by atoms with Gasteiger partial charge < -0.3 is 24.1 Å². The number of nitro groups is 2. The van der Waals surface area contributed by atoms with E-state index < -0.39 is 116 Å². The van der Waals surface area contributed by atoms with Gasteiger partial charge in [0.05, 0.1) is 74.3 Å². The maximum absolute atomic E-state index is 11.5.